The van der Waals surface area contributed by atoms with E-state index in [2.05, 4.69) is 97.9 Å². The first-order chi connectivity index (χ1) is 12.8. The van der Waals surface area contributed by atoms with E-state index in [1.807, 2.05) is 0 Å². The van der Waals surface area contributed by atoms with Crippen molar-refractivity contribution in [2.45, 2.75) is 34.6 Å². The highest BCUT2D eigenvalue weighted by Gasteiger charge is 2.51. The van der Waals surface area contributed by atoms with Crippen LogP contribution in [0.25, 0.3) is 22.3 Å². The molecule has 0 heterocycles. The van der Waals surface area contributed by atoms with Gasteiger partial charge in [0, 0.05) is 0 Å². The molecular weight excluding hydrogens is 348 g/mol. The van der Waals surface area contributed by atoms with E-state index in [4.69, 9.17) is 0 Å². The predicted octanol–water partition coefficient (Wildman–Crippen LogP) is 8.25. The van der Waals surface area contributed by atoms with Crippen LogP contribution in [0.15, 0.2) is 91.0 Å². The molecule has 0 N–H and O–H groups in total. The quantitative estimate of drug-likeness (QED) is 0.249. The Morgan fingerprint density at radius 2 is 0.828 bits per heavy atom. The predicted molar refractivity (Wildman–Crippen MR) is 128 cm³/mol. The van der Waals surface area contributed by atoms with E-state index in [1.165, 1.54) is 50.1 Å². The van der Waals surface area contributed by atoms with Crippen molar-refractivity contribution in [2.24, 2.45) is 0 Å². The minimum absolute atomic E-state index is 0. The Bertz CT molecular complexity index is 1130. The van der Waals surface area contributed by atoms with Crippen LogP contribution in [0.4, 0.5) is 0 Å². The fourth-order valence-electron chi connectivity index (χ4n) is 5.36. The third-order valence-corrected chi connectivity index (χ3v) is 6.22. The second kappa shape index (κ2) is 7.04. The van der Waals surface area contributed by atoms with Gasteiger partial charge in [0.05, 0.1) is 5.41 Å². The van der Waals surface area contributed by atoms with Crippen LogP contribution in [0.2, 0.25) is 0 Å². The van der Waals surface area contributed by atoms with Crippen LogP contribution < -0.4 is 0 Å². The summed E-state index contributed by atoms with van der Waals surface area (Å²) < 4.78 is 0. The van der Waals surface area contributed by atoms with Gasteiger partial charge in [-0.1, -0.05) is 113 Å². The van der Waals surface area contributed by atoms with Crippen molar-refractivity contribution in [3.8, 4) is 22.3 Å². The summed E-state index contributed by atoms with van der Waals surface area (Å²) in [6, 6.07) is 33.6. The van der Waals surface area contributed by atoms with Gasteiger partial charge in [-0.25, -0.2) is 0 Å². The fourth-order valence-corrected chi connectivity index (χ4v) is 5.36. The van der Waals surface area contributed by atoms with Crippen molar-refractivity contribution in [3.63, 3.8) is 0 Å². The van der Waals surface area contributed by atoms with E-state index in [1.54, 1.807) is 0 Å². The van der Waals surface area contributed by atoms with Gasteiger partial charge in [0.1, 0.15) is 0 Å². The van der Waals surface area contributed by atoms with Crippen molar-refractivity contribution in [1.82, 2.24) is 0 Å². The molecular formula is C29H30. The third-order valence-electron chi connectivity index (χ3n) is 6.22. The zero-order valence-corrected chi connectivity index (χ0v) is 14.7. The second-order valence-electron chi connectivity index (χ2n) is 7.38. The van der Waals surface area contributed by atoms with E-state index >= 15 is 0 Å². The maximum Gasteiger partial charge on any atom is 0.0728 e. The molecule has 0 unspecified atom stereocenters. The van der Waals surface area contributed by atoms with Crippen LogP contribution in [0, 0.1) is 6.92 Å². The lowest BCUT2D eigenvalue weighted by Gasteiger charge is -2.31. The number of rotatable bonds is 0. The smallest absolute Gasteiger partial charge is 0.0728 e. The Morgan fingerprint density at radius 1 is 0.448 bits per heavy atom. The zero-order valence-electron chi connectivity index (χ0n) is 14.7. The normalized spacial score (nSPS) is 13.1. The number of aryl methyl sites for hydroxylation is 1. The van der Waals surface area contributed by atoms with Crippen LogP contribution in [-0.2, 0) is 5.41 Å². The highest BCUT2D eigenvalue weighted by molar-refractivity contribution is 5.95. The van der Waals surface area contributed by atoms with Crippen LogP contribution in [0.1, 0.15) is 50.1 Å². The summed E-state index contributed by atoms with van der Waals surface area (Å²) in [7, 11) is 0. The largest absolute Gasteiger partial charge is 0.0776 e. The molecule has 1 spiro atoms. The Balaban J connectivity index is 0.000000801. The number of benzene rings is 4. The van der Waals surface area contributed by atoms with Gasteiger partial charge >= 0.3 is 0 Å². The molecule has 6 rings (SSSR count). The monoisotopic (exact) mass is 378 g/mol. The Hall–Kier alpha value is -3.12. The fraction of sp³-hybridized carbons (Fsp3) is 0.172. The van der Waals surface area contributed by atoms with Gasteiger partial charge in [0.25, 0.3) is 0 Å². The lowest BCUT2D eigenvalue weighted by Crippen LogP contribution is -2.26. The van der Waals surface area contributed by atoms with Gasteiger partial charge in [-0.05, 0) is 57.0 Å². The van der Waals surface area contributed by atoms with Crippen molar-refractivity contribution in [2.75, 3.05) is 0 Å². The molecule has 0 saturated carbocycles. The molecule has 146 valence electrons. The summed E-state index contributed by atoms with van der Waals surface area (Å²) in [6.45, 7) is 2.26. The van der Waals surface area contributed by atoms with Gasteiger partial charge in [-0.15, -0.1) is 0 Å². The van der Waals surface area contributed by atoms with Crippen LogP contribution in [-0.4, -0.2) is 0 Å². The molecule has 0 fully saturated rings. The van der Waals surface area contributed by atoms with Crippen LogP contribution in [0.3, 0.4) is 0 Å². The van der Waals surface area contributed by atoms with Crippen LogP contribution in [0.5, 0.6) is 0 Å². The minimum Gasteiger partial charge on any atom is -0.0776 e. The first kappa shape index (κ1) is 20.6. The summed E-state index contributed by atoms with van der Waals surface area (Å²) in [4.78, 5) is 0. The molecule has 2 aliphatic carbocycles. The molecule has 4 aromatic rings. The number of hydrogen-bond acceptors (Lipinski definition) is 0. The molecule has 0 aromatic heterocycles. The lowest BCUT2D eigenvalue weighted by molar-refractivity contribution is 0.786. The van der Waals surface area contributed by atoms with Crippen molar-refractivity contribution in [3.05, 3.63) is 119 Å². The molecule has 0 radical (unpaired) electrons. The molecule has 0 bridgehead atoms. The minimum atomic E-state index is -0.190. The zero-order chi connectivity index (χ0) is 17.3. The van der Waals surface area contributed by atoms with Crippen molar-refractivity contribution in [1.29, 1.82) is 0 Å². The first-order valence-corrected chi connectivity index (χ1v) is 9.23. The van der Waals surface area contributed by atoms with E-state index in [9.17, 15) is 0 Å². The van der Waals surface area contributed by atoms with E-state index in [0.717, 1.165) is 0 Å². The van der Waals surface area contributed by atoms with Crippen LogP contribution >= 0.6 is 0 Å². The SMILES string of the molecule is C.C.C.Cc1cccc2c1C1(c3ccccc3-c3ccccc31)c1ccccc1-2. The molecule has 0 nitrogen and oxygen atoms in total. The van der Waals surface area contributed by atoms with E-state index in [0.29, 0.717) is 0 Å². The maximum atomic E-state index is 2.33. The molecule has 0 atom stereocenters. The molecule has 0 heteroatoms. The molecule has 4 aromatic carbocycles. The standard InChI is InChI=1S/C26H18.3CH4/c1-17-9-8-13-21-20-12-4-7-16-24(20)26(25(17)21)22-14-5-2-10-18(22)19-11-3-6-15-23(19)26;;;/h2-16H,1H3;3*1H4. The van der Waals surface area contributed by atoms with E-state index in [-0.39, 0.29) is 27.7 Å². The maximum absolute atomic E-state index is 2.33. The van der Waals surface area contributed by atoms with E-state index < -0.39 is 0 Å². The first-order valence-electron chi connectivity index (χ1n) is 9.23. The van der Waals surface area contributed by atoms with Gasteiger partial charge in [-0.2, -0.15) is 0 Å². The molecule has 2 aliphatic rings. The average Bonchev–Trinajstić information content (AvgIpc) is 3.16. The molecule has 0 amide bonds. The number of fused-ring (bicyclic) bond motifs is 10. The summed E-state index contributed by atoms with van der Waals surface area (Å²) in [5.74, 6) is 0. The Morgan fingerprint density at radius 3 is 1.31 bits per heavy atom. The van der Waals surface area contributed by atoms with Gasteiger partial charge in [-0.3, -0.25) is 0 Å². The van der Waals surface area contributed by atoms with Crippen molar-refractivity contribution < 1.29 is 0 Å². The van der Waals surface area contributed by atoms with Gasteiger partial charge < -0.3 is 0 Å². The topological polar surface area (TPSA) is 0 Å². The summed E-state index contributed by atoms with van der Waals surface area (Å²) in [5.41, 5.74) is 12.4. The molecule has 0 aliphatic heterocycles. The molecule has 29 heavy (non-hydrogen) atoms. The van der Waals surface area contributed by atoms with Crippen molar-refractivity contribution >= 4 is 0 Å². The summed E-state index contributed by atoms with van der Waals surface area (Å²) >= 11 is 0. The second-order valence-corrected chi connectivity index (χ2v) is 7.38. The third kappa shape index (κ3) is 2.26. The molecule has 0 saturated heterocycles. The highest BCUT2D eigenvalue weighted by Crippen LogP contribution is 2.63. The number of hydrogen-bond donors (Lipinski definition) is 0. The summed E-state index contributed by atoms with van der Waals surface area (Å²) in [6.07, 6.45) is 0. The Labute approximate surface area is 175 Å². The lowest BCUT2D eigenvalue weighted by atomic mass is 9.69. The van der Waals surface area contributed by atoms with Gasteiger partial charge in [0.2, 0.25) is 0 Å². The van der Waals surface area contributed by atoms with Gasteiger partial charge in [0.15, 0.2) is 0 Å². The summed E-state index contributed by atoms with van der Waals surface area (Å²) in [5, 5.41) is 0. The average molecular weight is 379 g/mol. The highest BCUT2D eigenvalue weighted by atomic mass is 14.5. The Kier molecular flexibility index (Phi) is 5.01.